The fourth-order valence-electron chi connectivity index (χ4n) is 2.25. The molecule has 0 saturated heterocycles. The van der Waals surface area contributed by atoms with Crippen molar-refractivity contribution in [2.24, 2.45) is 0 Å². The first-order valence-corrected chi connectivity index (χ1v) is 6.71. The van der Waals surface area contributed by atoms with Gasteiger partial charge in [0.25, 0.3) is 0 Å². The molecule has 0 fully saturated rings. The van der Waals surface area contributed by atoms with E-state index in [9.17, 15) is 4.79 Å². The Hall–Kier alpha value is -3.21. The van der Waals surface area contributed by atoms with E-state index in [0.717, 1.165) is 5.56 Å². The number of hydrogen-bond donors (Lipinski definition) is 0. The van der Waals surface area contributed by atoms with Gasteiger partial charge in [-0.25, -0.2) is 4.98 Å². The van der Waals surface area contributed by atoms with E-state index in [0.29, 0.717) is 40.5 Å². The monoisotopic (exact) mass is 290 g/mol. The number of oxazole rings is 1. The molecular weight excluding hydrogens is 280 g/mol. The molecule has 3 heterocycles. The highest BCUT2D eigenvalue weighted by atomic mass is 16.4. The highest BCUT2D eigenvalue weighted by molar-refractivity contribution is 5.81. The number of aromatic nitrogens is 2. The number of hydrogen-bond acceptors (Lipinski definition) is 5. The molecular formula is C17H10N2O3. The first kappa shape index (κ1) is 12.5. The molecule has 0 aliphatic rings. The Kier molecular flexibility index (Phi) is 2.83. The first-order chi connectivity index (χ1) is 10.8. The second kappa shape index (κ2) is 4.96. The predicted octanol–water partition coefficient (Wildman–Crippen LogP) is 3.96. The van der Waals surface area contributed by atoms with Gasteiger partial charge in [0.1, 0.15) is 17.0 Å². The Balaban J connectivity index is 1.79. The molecule has 0 saturated carbocycles. The molecule has 22 heavy (non-hydrogen) atoms. The third-order valence-electron chi connectivity index (χ3n) is 3.30. The minimum absolute atomic E-state index is 0.296. The third-order valence-corrected chi connectivity index (χ3v) is 3.30. The molecule has 0 spiro atoms. The lowest BCUT2D eigenvalue weighted by atomic mass is 10.1. The van der Waals surface area contributed by atoms with Gasteiger partial charge >= 0.3 is 0 Å². The van der Waals surface area contributed by atoms with Gasteiger partial charge in [-0.1, -0.05) is 6.07 Å². The van der Waals surface area contributed by atoms with Crippen LogP contribution in [0.3, 0.4) is 0 Å². The predicted molar refractivity (Wildman–Crippen MR) is 80.3 cm³/mol. The van der Waals surface area contributed by atoms with Crippen LogP contribution in [0, 0.1) is 0 Å². The van der Waals surface area contributed by atoms with Crippen LogP contribution in [-0.2, 0) is 0 Å². The van der Waals surface area contributed by atoms with Gasteiger partial charge in [-0.3, -0.25) is 9.78 Å². The Morgan fingerprint density at radius 3 is 2.73 bits per heavy atom. The van der Waals surface area contributed by atoms with E-state index in [4.69, 9.17) is 8.83 Å². The van der Waals surface area contributed by atoms with Crippen molar-refractivity contribution >= 4 is 17.4 Å². The fourth-order valence-corrected chi connectivity index (χ4v) is 2.25. The fraction of sp³-hybridized carbons (Fsp3) is 0. The summed E-state index contributed by atoms with van der Waals surface area (Å²) in [6.07, 6.45) is 2.37. The van der Waals surface area contributed by atoms with Gasteiger partial charge in [0.15, 0.2) is 17.6 Å². The Morgan fingerprint density at radius 2 is 1.95 bits per heavy atom. The smallest absolute Gasteiger partial charge is 0.246 e. The van der Waals surface area contributed by atoms with Crippen LogP contribution in [0.15, 0.2) is 63.6 Å². The number of benzene rings is 1. The summed E-state index contributed by atoms with van der Waals surface area (Å²) in [4.78, 5) is 19.4. The quantitative estimate of drug-likeness (QED) is 0.534. The molecule has 106 valence electrons. The normalized spacial score (nSPS) is 10.9. The van der Waals surface area contributed by atoms with E-state index in [1.54, 1.807) is 18.3 Å². The zero-order valence-electron chi connectivity index (χ0n) is 11.4. The lowest BCUT2D eigenvalue weighted by Gasteiger charge is -1.95. The van der Waals surface area contributed by atoms with Crippen molar-refractivity contribution in [3.05, 3.63) is 60.5 Å². The van der Waals surface area contributed by atoms with Crippen LogP contribution < -0.4 is 0 Å². The Bertz CT molecular complexity index is 954. The van der Waals surface area contributed by atoms with Crippen molar-refractivity contribution < 1.29 is 13.6 Å². The average Bonchev–Trinajstić information content (AvgIpc) is 3.21. The van der Waals surface area contributed by atoms with Gasteiger partial charge in [0.05, 0.1) is 0 Å². The number of fused-ring (bicyclic) bond motifs is 1. The van der Waals surface area contributed by atoms with Crippen molar-refractivity contribution in [3.63, 3.8) is 0 Å². The molecule has 4 aromatic rings. The molecule has 5 nitrogen and oxygen atoms in total. The summed E-state index contributed by atoms with van der Waals surface area (Å²) in [5, 5.41) is 0. The molecule has 0 atom stereocenters. The Labute approximate surface area is 125 Å². The van der Waals surface area contributed by atoms with Crippen molar-refractivity contribution in [1.29, 1.82) is 0 Å². The first-order valence-electron chi connectivity index (χ1n) is 6.71. The molecule has 1 aromatic carbocycles. The van der Waals surface area contributed by atoms with Gasteiger partial charge in [-0.2, -0.15) is 0 Å². The second-order valence-electron chi connectivity index (χ2n) is 4.74. The van der Waals surface area contributed by atoms with Crippen molar-refractivity contribution in [3.8, 4) is 22.9 Å². The van der Waals surface area contributed by atoms with Gasteiger partial charge < -0.3 is 8.83 Å². The number of pyridine rings is 1. The van der Waals surface area contributed by atoms with Crippen molar-refractivity contribution in [2.45, 2.75) is 0 Å². The van der Waals surface area contributed by atoms with Gasteiger partial charge in [0.2, 0.25) is 5.89 Å². The third kappa shape index (κ3) is 2.09. The van der Waals surface area contributed by atoms with Crippen molar-refractivity contribution in [2.75, 3.05) is 0 Å². The molecule has 0 aliphatic heterocycles. The molecule has 0 N–H and O–H groups in total. The standard InChI is InChI=1S/C17H10N2O3/c20-10-12-5-7-15(21-12)11-4-6-16-14(9-11)19-17(22-16)13-3-1-2-8-18-13/h1-10H. The van der Waals surface area contributed by atoms with Crippen LogP contribution in [0.25, 0.3) is 34.0 Å². The number of carbonyl (C=O) groups is 1. The highest BCUT2D eigenvalue weighted by Gasteiger charge is 2.11. The minimum Gasteiger partial charge on any atom is -0.453 e. The van der Waals surface area contributed by atoms with E-state index in [1.807, 2.05) is 36.4 Å². The molecule has 0 bridgehead atoms. The zero-order valence-corrected chi connectivity index (χ0v) is 11.4. The maximum Gasteiger partial charge on any atom is 0.246 e. The van der Waals surface area contributed by atoms with E-state index in [1.165, 1.54) is 0 Å². The molecule has 5 heteroatoms. The van der Waals surface area contributed by atoms with Crippen molar-refractivity contribution in [1.82, 2.24) is 9.97 Å². The van der Waals surface area contributed by atoms with E-state index >= 15 is 0 Å². The summed E-state index contributed by atoms with van der Waals surface area (Å²) in [7, 11) is 0. The molecule has 4 rings (SSSR count). The zero-order chi connectivity index (χ0) is 14.9. The van der Waals surface area contributed by atoms with Crippen LogP contribution in [0.5, 0.6) is 0 Å². The maximum absolute atomic E-state index is 10.7. The topological polar surface area (TPSA) is 69.1 Å². The van der Waals surface area contributed by atoms with Crippen LogP contribution in [0.1, 0.15) is 10.6 Å². The van der Waals surface area contributed by atoms with Crippen LogP contribution in [0.2, 0.25) is 0 Å². The van der Waals surface area contributed by atoms with Gasteiger partial charge in [-0.15, -0.1) is 0 Å². The summed E-state index contributed by atoms with van der Waals surface area (Å²) in [6.45, 7) is 0. The number of furan rings is 1. The maximum atomic E-state index is 10.7. The number of carbonyl (C=O) groups excluding carboxylic acids is 1. The SMILES string of the molecule is O=Cc1ccc(-c2ccc3oc(-c4ccccn4)nc3c2)o1. The van der Waals surface area contributed by atoms with Gasteiger partial charge in [0, 0.05) is 11.8 Å². The number of rotatable bonds is 3. The summed E-state index contributed by atoms with van der Waals surface area (Å²) < 4.78 is 11.1. The number of nitrogens with zero attached hydrogens (tertiary/aromatic N) is 2. The van der Waals surface area contributed by atoms with Crippen LogP contribution in [-0.4, -0.2) is 16.3 Å². The summed E-state index contributed by atoms with van der Waals surface area (Å²) in [5.41, 5.74) is 2.90. The lowest BCUT2D eigenvalue weighted by Crippen LogP contribution is -1.80. The van der Waals surface area contributed by atoms with E-state index < -0.39 is 0 Å². The van der Waals surface area contributed by atoms with Crippen LogP contribution in [0.4, 0.5) is 0 Å². The summed E-state index contributed by atoms with van der Waals surface area (Å²) >= 11 is 0. The summed E-state index contributed by atoms with van der Waals surface area (Å²) in [5.74, 6) is 1.39. The Morgan fingerprint density at radius 1 is 1.00 bits per heavy atom. The lowest BCUT2D eigenvalue weighted by molar-refractivity contribution is 0.110. The second-order valence-corrected chi connectivity index (χ2v) is 4.74. The summed E-state index contributed by atoms with van der Waals surface area (Å²) in [6, 6.07) is 14.5. The van der Waals surface area contributed by atoms with Crippen LogP contribution >= 0.6 is 0 Å². The molecule has 0 aliphatic carbocycles. The minimum atomic E-state index is 0.296. The molecule has 0 unspecified atom stereocenters. The number of aldehydes is 1. The molecule has 0 radical (unpaired) electrons. The van der Waals surface area contributed by atoms with Gasteiger partial charge in [-0.05, 0) is 42.5 Å². The molecule has 0 amide bonds. The van der Waals surface area contributed by atoms with E-state index in [2.05, 4.69) is 9.97 Å². The highest BCUT2D eigenvalue weighted by Crippen LogP contribution is 2.28. The van der Waals surface area contributed by atoms with E-state index in [-0.39, 0.29) is 0 Å². The largest absolute Gasteiger partial charge is 0.453 e. The average molecular weight is 290 g/mol. The molecule has 3 aromatic heterocycles.